The maximum absolute atomic E-state index is 13.6. The zero-order valence-corrected chi connectivity index (χ0v) is 13.6. The van der Waals surface area contributed by atoms with Gasteiger partial charge in [0.2, 0.25) is 0 Å². The summed E-state index contributed by atoms with van der Waals surface area (Å²) >= 11 is 0. The second kappa shape index (κ2) is 6.69. The minimum absolute atomic E-state index is 0.0469. The molecule has 0 aliphatic heterocycles. The number of aryl methyl sites for hydroxylation is 1. The molecule has 1 aromatic heterocycles. The number of hydrogen-bond acceptors (Lipinski definition) is 6. The first kappa shape index (κ1) is 16.8. The van der Waals surface area contributed by atoms with E-state index in [1.165, 1.54) is 18.5 Å². The van der Waals surface area contributed by atoms with E-state index in [0.717, 1.165) is 11.8 Å². The van der Waals surface area contributed by atoms with Crippen LogP contribution in [0.15, 0.2) is 40.4 Å². The van der Waals surface area contributed by atoms with E-state index in [9.17, 15) is 12.8 Å². The molecule has 7 nitrogen and oxygen atoms in total. The van der Waals surface area contributed by atoms with Gasteiger partial charge < -0.3 is 9.08 Å². The van der Waals surface area contributed by atoms with E-state index in [-0.39, 0.29) is 10.7 Å². The van der Waals surface area contributed by atoms with Crippen molar-refractivity contribution in [2.75, 3.05) is 14.1 Å². The maximum Gasteiger partial charge on any atom is 0.341 e. The second-order valence-electron chi connectivity index (χ2n) is 4.88. The summed E-state index contributed by atoms with van der Waals surface area (Å²) in [5, 5.41) is 0. The number of nitrogens with zero attached hydrogens (tertiary/aromatic N) is 4. The molecule has 23 heavy (non-hydrogen) atoms. The summed E-state index contributed by atoms with van der Waals surface area (Å²) in [6.45, 7) is 1.83. The highest BCUT2D eigenvalue weighted by Gasteiger charge is 2.19. The van der Waals surface area contributed by atoms with Crippen LogP contribution in [0.3, 0.4) is 0 Å². The van der Waals surface area contributed by atoms with Gasteiger partial charge in [-0.2, -0.15) is 18.4 Å². The third-order valence-electron chi connectivity index (χ3n) is 2.61. The molecule has 0 unspecified atom stereocenters. The first-order valence-corrected chi connectivity index (χ1v) is 7.93. The molecule has 1 heterocycles. The molecule has 2 rings (SSSR count). The van der Waals surface area contributed by atoms with Gasteiger partial charge in [-0.05, 0) is 19.1 Å². The summed E-state index contributed by atoms with van der Waals surface area (Å²) in [6.07, 6.45) is 2.12. The Morgan fingerprint density at radius 3 is 2.52 bits per heavy atom. The lowest BCUT2D eigenvalue weighted by Gasteiger charge is -2.06. The van der Waals surface area contributed by atoms with Crippen molar-refractivity contribution in [3.63, 3.8) is 0 Å². The molecular weight excluding hydrogens is 323 g/mol. The van der Waals surface area contributed by atoms with Crippen molar-refractivity contribution in [3.05, 3.63) is 41.8 Å². The Bertz CT molecular complexity index is 820. The lowest BCUT2D eigenvalue weighted by Crippen LogP contribution is -2.12. The highest BCUT2D eigenvalue weighted by molar-refractivity contribution is 7.87. The number of aromatic nitrogens is 2. The van der Waals surface area contributed by atoms with Crippen LogP contribution in [0.25, 0.3) is 0 Å². The number of hydrogen-bond donors (Lipinski definition) is 0. The summed E-state index contributed by atoms with van der Waals surface area (Å²) in [6, 6.07) is 5.57. The lowest BCUT2D eigenvalue weighted by atomic mass is 10.2. The van der Waals surface area contributed by atoms with E-state index in [1.807, 2.05) is 6.92 Å². The predicted octanol–water partition coefficient (Wildman–Crippen LogP) is 1.91. The van der Waals surface area contributed by atoms with Gasteiger partial charge in [0.05, 0.1) is 12.5 Å². The Hall–Kier alpha value is -2.55. The first-order valence-electron chi connectivity index (χ1n) is 6.52. The van der Waals surface area contributed by atoms with E-state index in [1.54, 1.807) is 31.1 Å². The Morgan fingerprint density at radius 1 is 1.26 bits per heavy atom. The fraction of sp³-hybridized carbons (Fsp3) is 0.214. The summed E-state index contributed by atoms with van der Waals surface area (Å²) < 4.78 is 42.6. The fourth-order valence-corrected chi connectivity index (χ4v) is 2.34. The maximum atomic E-state index is 13.6. The van der Waals surface area contributed by atoms with Gasteiger partial charge >= 0.3 is 16.1 Å². The van der Waals surface area contributed by atoms with Crippen molar-refractivity contribution in [1.29, 1.82) is 0 Å². The molecule has 0 atom stereocenters. The third-order valence-corrected chi connectivity index (χ3v) is 3.83. The number of halogens is 1. The van der Waals surface area contributed by atoms with E-state index in [4.69, 9.17) is 4.18 Å². The summed E-state index contributed by atoms with van der Waals surface area (Å²) in [4.78, 5) is 12.5. The minimum Gasteiger partial charge on any atom is -0.369 e. The first-order chi connectivity index (χ1) is 10.8. The molecular formula is C14H15FN4O3S. The Balaban J connectivity index is 2.29. The molecule has 0 spiro atoms. The fourth-order valence-electron chi connectivity index (χ4n) is 1.49. The lowest BCUT2D eigenvalue weighted by molar-refractivity contribution is 0.460. The molecule has 2 aromatic rings. The van der Waals surface area contributed by atoms with Crippen LogP contribution >= 0.6 is 0 Å². The standard InChI is InChI=1S/C14H15FN4O3S/c1-10-4-6-11(7-5-10)23(20,21)22-14-16-8-12(15)13(18-14)17-9-19(2)3/h4-9H,1-3H3/b17-9+. The third kappa shape index (κ3) is 4.46. The zero-order chi connectivity index (χ0) is 17.0. The van der Waals surface area contributed by atoms with Crippen LogP contribution in [0, 0.1) is 12.7 Å². The molecule has 0 radical (unpaired) electrons. The van der Waals surface area contributed by atoms with Gasteiger partial charge in [0.15, 0.2) is 11.6 Å². The van der Waals surface area contributed by atoms with Gasteiger partial charge in [-0.1, -0.05) is 17.7 Å². The molecule has 0 fully saturated rings. The Kier molecular flexibility index (Phi) is 4.89. The van der Waals surface area contributed by atoms with E-state index < -0.39 is 21.9 Å². The van der Waals surface area contributed by atoms with E-state index in [2.05, 4.69) is 15.0 Å². The van der Waals surface area contributed by atoms with Gasteiger partial charge in [0, 0.05) is 14.1 Å². The Morgan fingerprint density at radius 2 is 1.91 bits per heavy atom. The van der Waals surface area contributed by atoms with Crippen LogP contribution in [0.5, 0.6) is 6.01 Å². The average Bonchev–Trinajstić information content (AvgIpc) is 2.48. The van der Waals surface area contributed by atoms with Gasteiger partial charge in [0.1, 0.15) is 4.90 Å². The van der Waals surface area contributed by atoms with E-state index in [0.29, 0.717) is 0 Å². The summed E-state index contributed by atoms with van der Waals surface area (Å²) in [5.74, 6) is -1.11. The van der Waals surface area contributed by atoms with Crippen LogP contribution in [0.1, 0.15) is 5.56 Å². The molecule has 0 aliphatic carbocycles. The topological polar surface area (TPSA) is 84.8 Å². The van der Waals surface area contributed by atoms with Crippen molar-refractivity contribution in [1.82, 2.24) is 14.9 Å². The van der Waals surface area contributed by atoms with Crippen LogP contribution in [0.2, 0.25) is 0 Å². The molecule has 122 valence electrons. The van der Waals surface area contributed by atoms with Crippen LogP contribution in [-0.4, -0.2) is 43.7 Å². The highest BCUT2D eigenvalue weighted by Crippen LogP contribution is 2.20. The summed E-state index contributed by atoms with van der Waals surface area (Å²) in [5.41, 5.74) is 0.905. The predicted molar refractivity (Wildman–Crippen MR) is 82.8 cm³/mol. The number of rotatable bonds is 5. The molecule has 0 amide bonds. The normalized spacial score (nSPS) is 11.7. The molecule has 0 bridgehead atoms. The highest BCUT2D eigenvalue weighted by atomic mass is 32.2. The van der Waals surface area contributed by atoms with Crippen molar-refractivity contribution >= 4 is 22.3 Å². The largest absolute Gasteiger partial charge is 0.369 e. The molecule has 0 saturated carbocycles. The van der Waals surface area contributed by atoms with E-state index >= 15 is 0 Å². The average molecular weight is 338 g/mol. The zero-order valence-electron chi connectivity index (χ0n) is 12.8. The minimum atomic E-state index is -4.10. The van der Waals surface area contributed by atoms with Crippen molar-refractivity contribution in [3.8, 4) is 6.01 Å². The molecule has 0 aliphatic rings. The second-order valence-corrected chi connectivity index (χ2v) is 6.43. The molecule has 9 heteroatoms. The van der Waals surface area contributed by atoms with Crippen molar-refractivity contribution in [2.24, 2.45) is 4.99 Å². The van der Waals surface area contributed by atoms with Crippen molar-refractivity contribution < 1.29 is 17.0 Å². The quantitative estimate of drug-likeness (QED) is 0.470. The van der Waals surface area contributed by atoms with Gasteiger partial charge in [-0.25, -0.2) is 9.38 Å². The molecule has 0 saturated heterocycles. The summed E-state index contributed by atoms with van der Waals surface area (Å²) in [7, 11) is -0.708. The van der Waals surface area contributed by atoms with Crippen molar-refractivity contribution in [2.45, 2.75) is 11.8 Å². The SMILES string of the molecule is Cc1ccc(S(=O)(=O)Oc2ncc(F)c(/N=C/N(C)C)n2)cc1. The van der Waals surface area contributed by atoms with Crippen LogP contribution in [-0.2, 0) is 10.1 Å². The number of aliphatic imine (C=N–C) groups is 1. The van der Waals surface area contributed by atoms with Crippen LogP contribution < -0.4 is 4.18 Å². The van der Waals surface area contributed by atoms with Crippen LogP contribution in [0.4, 0.5) is 10.2 Å². The van der Waals surface area contributed by atoms with Gasteiger partial charge in [-0.15, -0.1) is 0 Å². The van der Waals surface area contributed by atoms with Gasteiger partial charge in [-0.3, -0.25) is 0 Å². The Labute approximate surface area is 133 Å². The smallest absolute Gasteiger partial charge is 0.341 e. The molecule has 1 aromatic carbocycles. The number of benzene rings is 1. The molecule has 0 N–H and O–H groups in total. The van der Waals surface area contributed by atoms with Gasteiger partial charge in [0.25, 0.3) is 0 Å². The monoisotopic (exact) mass is 338 g/mol.